The van der Waals surface area contributed by atoms with Crippen LogP contribution in [0.5, 0.6) is 11.5 Å². The molecule has 3 heterocycles. The lowest BCUT2D eigenvalue weighted by Crippen LogP contribution is -2.38. The van der Waals surface area contributed by atoms with E-state index in [2.05, 4.69) is 4.98 Å². The number of primary amides is 1. The Labute approximate surface area is 188 Å². The number of hydrogen-bond donors (Lipinski definition) is 2. The van der Waals surface area contributed by atoms with Crippen molar-refractivity contribution in [2.45, 2.75) is 19.4 Å². The minimum absolute atomic E-state index is 0.0953. The third kappa shape index (κ3) is 3.80. The molecular formula is C22H22ClFN4O4. The van der Waals surface area contributed by atoms with E-state index in [-0.39, 0.29) is 16.6 Å². The quantitative estimate of drug-likeness (QED) is 0.578. The number of nitrogens with zero attached hydrogens (tertiary/aromatic N) is 2. The van der Waals surface area contributed by atoms with Gasteiger partial charge in [-0.3, -0.25) is 0 Å². The van der Waals surface area contributed by atoms with Crippen molar-refractivity contribution >= 4 is 40.0 Å². The predicted octanol–water partition coefficient (Wildman–Crippen LogP) is 4.52. The normalized spacial score (nSPS) is 14.9. The molecule has 0 radical (unpaired) electrons. The number of nitrogen functional groups attached to an aromatic ring is 1. The zero-order valence-corrected chi connectivity index (χ0v) is 18.3. The summed E-state index contributed by atoms with van der Waals surface area (Å²) in [4.78, 5) is 17.2. The molecule has 3 aromatic rings. The molecule has 4 rings (SSSR count). The van der Waals surface area contributed by atoms with Gasteiger partial charge in [0.2, 0.25) is 5.75 Å². The van der Waals surface area contributed by atoms with Gasteiger partial charge in [-0.15, -0.1) is 0 Å². The van der Waals surface area contributed by atoms with Crippen LogP contribution in [0, 0.1) is 5.82 Å². The van der Waals surface area contributed by atoms with Crippen LogP contribution in [-0.2, 0) is 0 Å². The highest BCUT2D eigenvalue weighted by molar-refractivity contribution is 6.31. The molecule has 1 unspecified atom stereocenters. The Morgan fingerprint density at radius 3 is 2.84 bits per heavy atom. The molecule has 2 aromatic heterocycles. The van der Waals surface area contributed by atoms with Gasteiger partial charge in [-0.25, -0.2) is 14.2 Å². The molecule has 10 heteroatoms. The second-order valence-corrected chi connectivity index (χ2v) is 7.74. The van der Waals surface area contributed by atoms with Crippen molar-refractivity contribution in [1.82, 2.24) is 9.88 Å². The van der Waals surface area contributed by atoms with E-state index in [1.165, 1.54) is 19.2 Å². The first-order valence-corrected chi connectivity index (χ1v) is 10.3. The smallest absolute Gasteiger partial charge is 0.315 e. The fraction of sp³-hybridized carbons (Fsp3) is 0.273. The van der Waals surface area contributed by atoms with Crippen LogP contribution in [0.25, 0.3) is 16.5 Å². The number of pyridine rings is 1. The van der Waals surface area contributed by atoms with Crippen molar-refractivity contribution in [3.63, 3.8) is 0 Å². The number of amides is 2. The Balaban J connectivity index is 1.70. The van der Waals surface area contributed by atoms with Crippen LogP contribution in [0.2, 0.25) is 5.02 Å². The van der Waals surface area contributed by atoms with Crippen LogP contribution in [0.1, 0.15) is 30.6 Å². The van der Waals surface area contributed by atoms with Gasteiger partial charge >= 0.3 is 6.03 Å². The van der Waals surface area contributed by atoms with Crippen molar-refractivity contribution in [3.05, 3.63) is 52.6 Å². The molecule has 1 aromatic carbocycles. The van der Waals surface area contributed by atoms with Gasteiger partial charge in [0.15, 0.2) is 11.4 Å². The van der Waals surface area contributed by atoms with E-state index in [1.54, 1.807) is 24.3 Å². The molecule has 168 valence electrons. The van der Waals surface area contributed by atoms with Gasteiger partial charge in [0, 0.05) is 24.8 Å². The zero-order valence-electron chi connectivity index (χ0n) is 17.5. The number of benzene rings is 1. The number of ether oxygens (including phenoxy) is 2. The molecule has 0 saturated heterocycles. The molecule has 0 spiro atoms. The van der Waals surface area contributed by atoms with Crippen LogP contribution in [0.4, 0.5) is 15.0 Å². The first kappa shape index (κ1) is 21.8. The van der Waals surface area contributed by atoms with Crippen LogP contribution in [0.15, 0.2) is 35.1 Å². The highest BCUT2D eigenvalue weighted by atomic mass is 35.5. The van der Waals surface area contributed by atoms with E-state index in [0.717, 1.165) is 11.1 Å². The summed E-state index contributed by atoms with van der Waals surface area (Å²) >= 11 is 6.19. The Hall–Kier alpha value is -3.46. The Morgan fingerprint density at radius 2 is 2.19 bits per heavy atom. The molecule has 1 aliphatic rings. The number of nitrogens with two attached hydrogens (primary N) is 2. The molecule has 0 fully saturated rings. The average molecular weight is 461 g/mol. The third-order valence-corrected chi connectivity index (χ3v) is 5.87. The lowest BCUT2D eigenvalue weighted by atomic mass is 9.99. The molecule has 8 nitrogen and oxygen atoms in total. The first-order valence-electron chi connectivity index (χ1n) is 9.89. The van der Waals surface area contributed by atoms with Crippen molar-refractivity contribution in [3.8, 4) is 11.5 Å². The molecule has 0 saturated carbocycles. The number of carbonyl (C=O) groups is 1. The summed E-state index contributed by atoms with van der Waals surface area (Å²) in [7, 11) is 1.46. The number of anilines is 1. The molecule has 32 heavy (non-hydrogen) atoms. The average Bonchev–Trinajstić information content (AvgIpc) is 3.21. The van der Waals surface area contributed by atoms with E-state index in [4.69, 9.17) is 37.0 Å². The topological polar surface area (TPSA) is 117 Å². The van der Waals surface area contributed by atoms with Gasteiger partial charge in [0.1, 0.15) is 17.7 Å². The predicted molar refractivity (Wildman–Crippen MR) is 119 cm³/mol. The number of aromatic nitrogens is 1. The number of fused-ring (bicyclic) bond motifs is 1. The van der Waals surface area contributed by atoms with Crippen molar-refractivity contribution in [2.75, 3.05) is 25.9 Å². The minimum atomic E-state index is -0.713. The molecule has 1 aliphatic heterocycles. The summed E-state index contributed by atoms with van der Waals surface area (Å²) < 4.78 is 31.3. The standard InChI is InChI=1S/C22H22ClFN4O4/c1-11(17-16(30-2)4-3-15(24)18(17)23)32-20-19-13(9-27-21(20)25)14(10-31-19)12-5-7-28(8-6-12)22(26)29/h3-5,9-11H,6-8H2,1-2H3,(H2,25,27)(H2,26,29). The summed E-state index contributed by atoms with van der Waals surface area (Å²) in [5.74, 6) is 0.138. The Morgan fingerprint density at radius 1 is 1.41 bits per heavy atom. The summed E-state index contributed by atoms with van der Waals surface area (Å²) in [5.41, 5.74) is 14.0. The molecule has 2 amide bonds. The SMILES string of the molecule is COc1ccc(F)c(Cl)c1C(C)Oc1c(N)ncc2c(C3=CCN(C(N)=O)CC3)coc12. The summed E-state index contributed by atoms with van der Waals surface area (Å²) in [5, 5.41) is 0.611. The van der Waals surface area contributed by atoms with E-state index < -0.39 is 18.0 Å². The van der Waals surface area contributed by atoms with Crippen molar-refractivity contribution in [1.29, 1.82) is 0 Å². The molecule has 1 atom stereocenters. The number of urea groups is 1. The zero-order chi connectivity index (χ0) is 23.0. The number of hydrogen-bond acceptors (Lipinski definition) is 6. The Kier molecular flexibility index (Phi) is 5.84. The summed E-state index contributed by atoms with van der Waals surface area (Å²) in [6.07, 6.45) is 5.04. The maximum atomic E-state index is 14.1. The first-order chi connectivity index (χ1) is 15.3. The number of rotatable bonds is 5. The van der Waals surface area contributed by atoms with Gasteiger partial charge < -0.3 is 30.3 Å². The lowest BCUT2D eigenvalue weighted by molar-refractivity contribution is 0.213. The number of halogens is 2. The second kappa shape index (κ2) is 8.58. The van der Waals surface area contributed by atoms with Gasteiger partial charge in [-0.2, -0.15) is 0 Å². The van der Waals surface area contributed by atoms with Gasteiger partial charge in [-0.05, 0) is 31.1 Å². The van der Waals surface area contributed by atoms with E-state index >= 15 is 0 Å². The molecule has 0 bridgehead atoms. The fourth-order valence-corrected chi connectivity index (χ4v) is 4.11. The van der Waals surface area contributed by atoms with Gasteiger partial charge in [-0.1, -0.05) is 17.7 Å². The lowest BCUT2D eigenvalue weighted by Gasteiger charge is -2.24. The third-order valence-electron chi connectivity index (χ3n) is 5.48. The monoisotopic (exact) mass is 460 g/mol. The van der Waals surface area contributed by atoms with Crippen LogP contribution in [-0.4, -0.2) is 36.1 Å². The fourth-order valence-electron chi connectivity index (χ4n) is 3.80. The van der Waals surface area contributed by atoms with E-state index in [1.807, 2.05) is 6.08 Å². The van der Waals surface area contributed by atoms with Crippen molar-refractivity contribution < 1.29 is 23.1 Å². The second-order valence-electron chi connectivity index (χ2n) is 7.37. The summed E-state index contributed by atoms with van der Waals surface area (Å²) in [6, 6.07) is 2.25. The maximum Gasteiger partial charge on any atom is 0.315 e. The number of furan rings is 1. The van der Waals surface area contributed by atoms with Crippen LogP contribution >= 0.6 is 11.6 Å². The van der Waals surface area contributed by atoms with Crippen molar-refractivity contribution in [2.24, 2.45) is 5.73 Å². The van der Waals surface area contributed by atoms with Crippen LogP contribution in [0.3, 0.4) is 0 Å². The van der Waals surface area contributed by atoms with Gasteiger partial charge in [0.05, 0.1) is 29.3 Å². The van der Waals surface area contributed by atoms with Gasteiger partial charge in [0.25, 0.3) is 0 Å². The Bertz CT molecular complexity index is 1230. The largest absolute Gasteiger partial charge is 0.496 e. The van der Waals surface area contributed by atoms with E-state index in [0.29, 0.717) is 41.8 Å². The van der Waals surface area contributed by atoms with Crippen LogP contribution < -0.4 is 20.9 Å². The minimum Gasteiger partial charge on any atom is -0.496 e. The molecular weight excluding hydrogens is 439 g/mol. The van der Waals surface area contributed by atoms with E-state index in [9.17, 15) is 9.18 Å². The molecule has 0 aliphatic carbocycles. The highest BCUT2D eigenvalue weighted by Gasteiger charge is 2.25. The summed E-state index contributed by atoms with van der Waals surface area (Å²) in [6.45, 7) is 2.62. The molecule has 4 N–H and O–H groups in total. The maximum absolute atomic E-state index is 14.1. The number of methoxy groups -OCH3 is 1. The number of carbonyl (C=O) groups excluding carboxylic acids is 1. The highest BCUT2D eigenvalue weighted by Crippen LogP contribution is 2.41.